The van der Waals surface area contributed by atoms with Gasteiger partial charge in [-0.25, -0.2) is 17.8 Å². The van der Waals surface area contributed by atoms with Gasteiger partial charge in [-0.1, -0.05) is 19.3 Å². The molecule has 1 aromatic heterocycles. The first kappa shape index (κ1) is 16.5. The molecule has 0 unspecified atom stereocenters. The van der Waals surface area contributed by atoms with Crippen LogP contribution < -0.4 is 10.3 Å². The molecule has 0 aliphatic heterocycles. The number of carbonyl (C=O) groups is 1. The van der Waals surface area contributed by atoms with Gasteiger partial charge in [-0.05, 0) is 37.8 Å². The van der Waals surface area contributed by atoms with E-state index in [1.165, 1.54) is 19.1 Å². The Bertz CT molecular complexity index is 717. The fraction of sp³-hybridized carbons (Fsp3) is 0.571. The molecule has 1 aliphatic rings. The summed E-state index contributed by atoms with van der Waals surface area (Å²) in [6, 6.07) is 2.70. The van der Waals surface area contributed by atoms with Crippen molar-refractivity contribution in [1.82, 2.24) is 4.57 Å². The maximum Gasteiger partial charge on any atom is 0.418 e. The molecule has 1 aromatic rings. The van der Waals surface area contributed by atoms with Gasteiger partial charge in [0.05, 0.1) is 5.75 Å². The maximum atomic E-state index is 12.2. The SMILES string of the molecule is Cc1ccc(NS(=O)(=O)CC2CCCCC2)c(=O)n1C(=O)O. The molecule has 0 atom stereocenters. The van der Waals surface area contributed by atoms with Gasteiger partial charge in [0.15, 0.2) is 0 Å². The van der Waals surface area contributed by atoms with Gasteiger partial charge in [0.25, 0.3) is 5.56 Å². The molecule has 1 saturated carbocycles. The van der Waals surface area contributed by atoms with Gasteiger partial charge in [-0.3, -0.25) is 9.52 Å². The molecule has 122 valence electrons. The second-order valence-electron chi connectivity index (χ2n) is 5.70. The Morgan fingerprint density at radius 3 is 2.55 bits per heavy atom. The molecular formula is C14H20N2O5S. The molecule has 0 saturated heterocycles. The lowest BCUT2D eigenvalue weighted by molar-refractivity contribution is 0.194. The Hall–Kier alpha value is -1.83. The Morgan fingerprint density at radius 1 is 1.32 bits per heavy atom. The third-order valence-electron chi connectivity index (χ3n) is 3.91. The highest BCUT2D eigenvalue weighted by Gasteiger charge is 2.23. The number of hydrogen-bond donors (Lipinski definition) is 2. The Morgan fingerprint density at radius 2 is 1.95 bits per heavy atom. The van der Waals surface area contributed by atoms with E-state index in [4.69, 9.17) is 5.11 Å². The van der Waals surface area contributed by atoms with Crippen LogP contribution >= 0.6 is 0 Å². The molecule has 0 aromatic carbocycles. The summed E-state index contributed by atoms with van der Waals surface area (Å²) in [6.07, 6.45) is 3.48. The quantitative estimate of drug-likeness (QED) is 0.879. The van der Waals surface area contributed by atoms with Gasteiger partial charge < -0.3 is 5.11 Å². The first-order valence-electron chi connectivity index (χ1n) is 7.26. The van der Waals surface area contributed by atoms with Gasteiger partial charge in [-0.2, -0.15) is 0 Å². The maximum absolute atomic E-state index is 12.2. The summed E-state index contributed by atoms with van der Waals surface area (Å²) in [7, 11) is -3.67. The Balaban J connectivity index is 2.21. The van der Waals surface area contributed by atoms with Crippen LogP contribution in [0.25, 0.3) is 0 Å². The number of sulfonamides is 1. The highest BCUT2D eigenvalue weighted by atomic mass is 32.2. The molecule has 8 heteroatoms. The van der Waals surface area contributed by atoms with Crippen molar-refractivity contribution < 1.29 is 18.3 Å². The van der Waals surface area contributed by atoms with E-state index in [0.29, 0.717) is 4.57 Å². The molecule has 2 N–H and O–H groups in total. The van der Waals surface area contributed by atoms with Crippen molar-refractivity contribution in [3.05, 3.63) is 28.2 Å². The van der Waals surface area contributed by atoms with E-state index in [1.807, 2.05) is 0 Å². The molecule has 22 heavy (non-hydrogen) atoms. The number of anilines is 1. The first-order valence-corrected chi connectivity index (χ1v) is 8.92. The van der Waals surface area contributed by atoms with E-state index in [9.17, 15) is 18.0 Å². The summed E-state index contributed by atoms with van der Waals surface area (Å²) in [5, 5.41) is 9.02. The number of carboxylic acid groups (broad SMARTS) is 1. The zero-order valence-electron chi connectivity index (χ0n) is 12.4. The largest absolute Gasteiger partial charge is 0.464 e. The average molecular weight is 328 g/mol. The minimum absolute atomic E-state index is 0.0343. The van der Waals surface area contributed by atoms with Crippen molar-refractivity contribution in [3.8, 4) is 0 Å². The lowest BCUT2D eigenvalue weighted by Crippen LogP contribution is -2.32. The van der Waals surface area contributed by atoms with E-state index in [0.717, 1.165) is 32.1 Å². The molecule has 1 heterocycles. The standard InChI is InChI=1S/C14H20N2O5S/c1-10-7-8-12(13(17)16(10)14(18)19)15-22(20,21)9-11-5-3-2-4-6-11/h7-8,11,15H,2-6,9H2,1H3,(H,18,19). The third-order valence-corrected chi connectivity index (χ3v) is 5.36. The van der Waals surface area contributed by atoms with Crippen LogP contribution in [0.4, 0.5) is 10.5 Å². The normalized spacial score (nSPS) is 16.4. The molecule has 0 amide bonds. The molecule has 1 aliphatic carbocycles. The lowest BCUT2D eigenvalue weighted by atomic mass is 9.91. The molecule has 0 bridgehead atoms. The molecule has 7 nitrogen and oxygen atoms in total. The number of nitrogens with zero attached hydrogens (tertiary/aromatic N) is 1. The van der Waals surface area contributed by atoms with Crippen LogP contribution in [0.15, 0.2) is 16.9 Å². The number of aromatic nitrogens is 1. The van der Waals surface area contributed by atoms with E-state index < -0.39 is 21.7 Å². The minimum atomic E-state index is -3.67. The topological polar surface area (TPSA) is 105 Å². The van der Waals surface area contributed by atoms with Crippen LogP contribution in [0.5, 0.6) is 0 Å². The summed E-state index contributed by atoms with van der Waals surface area (Å²) in [6.45, 7) is 1.47. The minimum Gasteiger partial charge on any atom is -0.464 e. The van der Waals surface area contributed by atoms with Crippen LogP contribution in [0, 0.1) is 12.8 Å². The molecule has 1 fully saturated rings. The number of aryl methyl sites for hydroxylation is 1. The van der Waals surface area contributed by atoms with E-state index in [2.05, 4.69) is 4.72 Å². The van der Waals surface area contributed by atoms with Crippen molar-refractivity contribution in [2.45, 2.75) is 39.0 Å². The smallest absolute Gasteiger partial charge is 0.418 e. The molecule has 0 spiro atoms. The predicted octanol–water partition coefficient (Wildman–Crippen LogP) is 2.00. The zero-order chi connectivity index (χ0) is 16.3. The molecule has 2 rings (SSSR count). The lowest BCUT2D eigenvalue weighted by Gasteiger charge is -2.21. The zero-order valence-corrected chi connectivity index (χ0v) is 13.2. The van der Waals surface area contributed by atoms with Gasteiger partial charge in [0.2, 0.25) is 10.0 Å². The third kappa shape index (κ3) is 3.88. The van der Waals surface area contributed by atoms with Gasteiger partial charge >= 0.3 is 6.09 Å². The van der Waals surface area contributed by atoms with Crippen molar-refractivity contribution in [1.29, 1.82) is 0 Å². The fourth-order valence-corrected chi connectivity index (χ4v) is 4.35. The van der Waals surface area contributed by atoms with Gasteiger partial charge in [-0.15, -0.1) is 0 Å². The second-order valence-corrected chi connectivity index (χ2v) is 7.47. The highest BCUT2D eigenvalue weighted by Crippen LogP contribution is 2.25. The fourth-order valence-electron chi connectivity index (χ4n) is 2.82. The number of rotatable bonds is 4. The van der Waals surface area contributed by atoms with E-state index in [-0.39, 0.29) is 23.1 Å². The van der Waals surface area contributed by atoms with Crippen molar-refractivity contribution >= 4 is 21.8 Å². The summed E-state index contributed by atoms with van der Waals surface area (Å²) < 4.78 is 27.1. The second kappa shape index (κ2) is 6.51. The number of nitrogens with one attached hydrogen (secondary N) is 1. The molecule has 0 radical (unpaired) electrons. The summed E-state index contributed by atoms with van der Waals surface area (Å²) in [5.74, 6) is 0.0614. The average Bonchev–Trinajstić information content (AvgIpc) is 2.42. The Labute approximate surface area is 129 Å². The molecular weight excluding hydrogens is 308 g/mol. The summed E-state index contributed by atoms with van der Waals surface area (Å²) >= 11 is 0. The van der Waals surface area contributed by atoms with Crippen LogP contribution in [0.3, 0.4) is 0 Å². The van der Waals surface area contributed by atoms with Crippen molar-refractivity contribution in [2.75, 3.05) is 10.5 Å². The predicted molar refractivity (Wildman–Crippen MR) is 82.8 cm³/mol. The Kier molecular flexibility index (Phi) is 4.90. The first-order chi connectivity index (χ1) is 10.3. The van der Waals surface area contributed by atoms with Crippen LogP contribution in [-0.2, 0) is 10.0 Å². The highest BCUT2D eigenvalue weighted by molar-refractivity contribution is 7.92. The summed E-state index contributed by atoms with van der Waals surface area (Å²) in [4.78, 5) is 23.1. The van der Waals surface area contributed by atoms with Crippen molar-refractivity contribution in [3.63, 3.8) is 0 Å². The van der Waals surface area contributed by atoms with Crippen LogP contribution in [0.2, 0.25) is 0 Å². The van der Waals surface area contributed by atoms with E-state index >= 15 is 0 Å². The monoisotopic (exact) mass is 328 g/mol. The van der Waals surface area contributed by atoms with Crippen molar-refractivity contribution in [2.24, 2.45) is 5.92 Å². The number of hydrogen-bond acceptors (Lipinski definition) is 4. The summed E-state index contributed by atoms with van der Waals surface area (Å²) in [5.41, 5.74) is -0.878. The van der Waals surface area contributed by atoms with E-state index in [1.54, 1.807) is 0 Å². The van der Waals surface area contributed by atoms with Crippen LogP contribution in [0.1, 0.15) is 37.8 Å². The van der Waals surface area contributed by atoms with Gasteiger partial charge in [0.1, 0.15) is 5.69 Å². The van der Waals surface area contributed by atoms with Crippen LogP contribution in [-0.4, -0.2) is 29.9 Å². The number of pyridine rings is 1. The van der Waals surface area contributed by atoms with Gasteiger partial charge in [0, 0.05) is 5.69 Å².